The van der Waals surface area contributed by atoms with Crippen molar-refractivity contribution in [1.29, 1.82) is 0 Å². The Bertz CT molecular complexity index is 422. The molecule has 5 nitrogen and oxygen atoms in total. The van der Waals surface area contributed by atoms with Crippen molar-refractivity contribution in [1.82, 2.24) is 15.5 Å². The molecule has 1 fully saturated rings. The normalized spacial score (nSPS) is 17.6. The van der Waals surface area contributed by atoms with Crippen molar-refractivity contribution in [3.8, 4) is 0 Å². The van der Waals surface area contributed by atoms with Gasteiger partial charge in [-0.05, 0) is 63.9 Å². The molecule has 0 amide bonds. The maximum absolute atomic E-state index is 5.31. The molecule has 1 aromatic rings. The molecular weight excluding hydrogens is 276 g/mol. The molecule has 5 heteroatoms. The number of piperidine rings is 1. The molecule has 2 heterocycles. The molecule has 0 unspecified atom stereocenters. The van der Waals surface area contributed by atoms with Crippen molar-refractivity contribution in [3.05, 3.63) is 24.2 Å². The van der Waals surface area contributed by atoms with Crippen LogP contribution in [-0.4, -0.2) is 43.6 Å². The minimum absolute atomic E-state index is 0.576. The van der Waals surface area contributed by atoms with E-state index in [0.29, 0.717) is 6.54 Å². The summed E-state index contributed by atoms with van der Waals surface area (Å²) in [6.45, 7) is 10.5. The van der Waals surface area contributed by atoms with E-state index < -0.39 is 0 Å². The van der Waals surface area contributed by atoms with Crippen molar-refractivity contribution in [2.75, 3.05) is 32.7 Å². The van der Waals surface area contributed by atoms with Crippen molar-refractivity contribution >= 4 is 5.96 Å². The fraction of sp³-hybridized carbons (Fsp3) is 0.706. The zero-order valence-corrected chi connectivity index (χ0v) is 14.0. The van der Waals surface area contributed by atoms with Crippen molar-refractivity contribution in [3.63, 3.8) is 0 Å². The lowest BCUT2D eigenvalue weighted by Crippen LogP contribution is -2.39. The summed E-state index contributed by atoms with van der Waals surface area (Å²) < 4.78 is 5.31. The van der Waals surface area contributed by atoms with E-state index in [1.807, 2.05) is 12.1 Å². The summed E-state index contributed by atoms with van der Waals surface area (Å²) >= 11 is 0. The lowest BCUT2D eigenvalue weighted by Gasteiger charge is -2.30. The molecule has 0 aromatic carbocycles. The summed E-state index contributed by atoms with van der Waals surface area (Å²) in [7, 11) is 0. The van der Waals surface area contributed by atoms with Crippen LogP contribution in [-0.2, 0) is 6.54 Å². The standard InChI is InChI=1S/C17H30N4O/c1-3-18-17(20-14-16-6-4-13-22-16)19-9-5-10-21-11-7-15(2)8-12-21/h4,6,13,15H,3,5,7-12,14H2,1-2H3,(H2,18,19,20). The van der Waals surface area contributed by atoms with Crippen molar-refractivity contribution in [2.24, 2.45) is 10.9 Å². The van der Waals surface area contributed by atoms with Crippen LogP contribution >= 0.6 is 0 Å². The quantitative estimate of drug-likeness (QED) is 0.461. The molecule has 0 saturated carbocycles. The van der Waals surface area contributed by atoms with Gasteiger partial charge in [0.25, 0.3) is 0 Å². The Hall–Kier alpha value is -1.49. The third-order valence-electron chi connectivity index (χ3n) is 4.14. The van der Waals surface area contributed by atoms with E-state index in [1.165, 1.54) is 32.5 Å². The third-order valence-corrected chi connectivity index (χ3v) is 4.14. The van der Waals surface area contributed by atoms with E-state index in [4.69, 9.17) is 4.42 Å². The van der Waals surface area contributed by atoms with Gasteiger partial charge in [0.15, 0.2) is 5.96 Å². The van der Waals surface area contributed by atoms with Crippen LogP contribution in [0.4, 0.5) is 0 Å². The highest BCUT2D eigenvalue weighted by Gasteiger charge is 2.14. The summed E-state index contributed by atoms with van der Waals surface area (Å²) in [4.78, 5) is 7.12. The van der Waals surface area contributed by atoms with Gasteiger partial charge in [0.1, 0.15) is 12.3 Å². The highest BCUT2D eigenvalue weighted by molar-refractivity contribution is 5.79. The van der Waals surface area contributed by atoms with E-state index in [1.54, 1.807) is 6.26 Å². The topological polar surface area (TPSA) is 52.8 Å². The molecule has 1 aliphatic rings. The maximum Gasteiger partial charge on any atom is 0.191 e. The molecule has 1 aromatic heterocycles. The molecule has 2 N–H and O–H groups in total. The van der Waals surface area contributed by atoms with Gasteiger partial charge in [-0.15, -0.1) is 0 Å². The number of nitrogens with zero attached hydrogens (tertiary/aromatic N) is 2. The average molecular weight is 306 g/mol. The fourth-order valence-electron chi connectivity index (χ4n) is 2.70. The number of likely N-dealkylation sites (tertiary alicyclic amines) is 1. The molecule has 124 valence electrons. The first kappa shape index (κ1) is 16.9. The Kier molecular flexibility index (Phi) is 7.30. The third kappa shape index (κ3) is 6.10. The predicted molar refractivity (Wildman–Crippen MR) is 91.0 cm³/mol. The number of aliphatic imine (C=N–C) groups is 1. The average Bonchev–Trinajstić information content (AvgIpc) is 3.04. The minimum Gasteiger partial charge on any atom is -0.467 e. The first-order valence-corrected chi connectivity index (χ1v) is 8.55. The van der Waals surface area contributed by atoms with Crippen molar-refractivity contribution < 1.29 is 4.42 Å². The number of guanidine groups is 1. The van der Waals surface area contributed by atoms with Crippen LogP contribution < -0.4 is 10.6 Å². The van der Waals surface area contributed by atoms with Gasteiger partial charge >= 0.3 is 0 Å². The summed E-state index contributed by atoms with van der Waals surface area (Å²) in [5, 5.41) is 6.67. The smallest absolute Gasteiger partial charge is 0.191 e. The number of rotatable bonds is 7. The first-order valence-electron chi connectivity index (χ1n) is 8.55. The highest BCUT2D eigenvalue weighted by atomic mass is 16.3. The van der Waals surface area contributed by atoms with E-state index in [2.05, 4.69) is 34.4 Å². The molecule has 1 aliphatic heterocycles. The largest absolute Gasteiger partial charge is 0.467 e. The van der Waals surface area contributed by atoms with Gasteiger partial charge in [0.2, 0.25) is 0 Å². The SMILES string of the molecule is CCNC(=NCc1ccco1)NCCCN1CCC(C)CC1. The molecule has 0 radical (unpaired) electrons. The van der Waals surface area contributed by atoms with Gasteiger partial charge in [0.05, 0.1) is 6.26 Å². The summed E-state index contributed by atoms with van der Waals surface area (Å²) in [6.07, 6.45) is 5.53. The van der Waals surface area contributed by atoms with E-state index >= 15 is 0 Å². The fourth-order valence-corrected chi connectivity index (χ4v) is 2.70. The zero-order chi connectivity index (χ0) is 15.6. The highest BCUT2D eigenvalue weighted by Crippen LogP contribution is 2.15. The van der Waals surface area contributed by atoms with Crippen LogP contribution in [0.25, 0.3) is 0 Å². The Morgan fingerprint density at radius 2 is 2.18 bits per heavy atom. The van der Waals surface area contributed by atoms with Crippen LogP contribution in [0.5, 0.6) is 0 Å². The minimum atomic E-state index is 0.576. The number of hydrogen-bond acceptors (Lipinski definition) is 3. The number of hydrogen-bond donors (Lipinski definition) is 2. The van der Waals surface area contributed by atoms with Crippen LogP contribution in [0, 0.1) is 5.92 Å². The molecule has 0 bridgehead atoms. The monoisotopic (exact) mass is 306 g/mol. The first-order chi connectivity index (χ1) is 10.8. The summed E-state index contributed by atoms with van der Waals surface area (Å²) in [5.41, 5.74) is 0. The molecule has 0 spiro atoms. The van der Waals surface area contributed by atoms with Gasteiger partial charge in [0, 0.05) is 13.1 Å². The van der Waals surface area contributed by atoms with Crippen LogP contribution in [0.1, 0.15) is 38.9 Å². The Balaban J connectivity index is 1.64. The van der Waals surface area contributed by atoms with E-state index in [0.717, 1.165) is 37.1 Å². The van der Waals surface area contributed by atoms with Gasteiger partial charge < -0.3 is 20.0 Å². The molecule has 0 atom stereocenters. The second kappa shape index (κ2) is 9.51. The van der Waals surface area contributed by atoms with Gasteiger partial charge in [-0.1, -0.05) is 6.92 Å². The summed E-state index contributed by atoms with van der Waals surface area (Å²) in [6, 6.07) is 3.84. The van der Waals surface area contributed by atoms with E-state index in [-0.39, 0.29) is 0 Å². The van der Waals surface area contributed by atoms with Gasteiger partial charge in [-0.25, -0.2) is 4.99 Å². The van der Waals surface area contributed by atoms with Crippen LogP contribution in [0.15, 0.2) is 27.8 Å². The van der Waals surface area contributed by atoms with Crippen LogP contribution in [0.2, 0.25) is 0 Å². The van der Waals surface area contributed by atoms with Crippen molar-refractivity contribution in [2.45, 2.75) is 39.7 Å². The summed E-state index contributed by atoms with van der Waals surface area (Å²) in [5.74, 6) is 2.66. The Morgan fingerprint density at radius 1 is 1.36 bits per heavy atom. The lowest BCUT2D eigenvalue weighted by molar-refractivity contribution is 0.191. The predicted octanol–water partition coefficient (Wildman–Crippen LogP) is 2.46. The molecule has 1 saturated heterocycles. The second-order valence-corrected chi connectivity index (χ2v) is 6.08. The zero-order valence-electron chi connectivity index (χ0n) is 14.0. The Labute approximate surface area is 134 Å². The Morgan fingerprint density at radius 3 is 2.86 bits per heavy atom. The number of furan rings is 1. The molecule has 22 heavy (non-hydrogen) atoms. The number of nitrogens with one attached hydrogen (secondary N) is 2. The van der Waals surface area contributed by atoms with Crippen LogP contribution in [0.3, 0.4) is 0 Å². The molecule has 2 rings (SSSR count). The molecule has 0 aliphatic carbocycles. The van der Waals surface area contributed by atoms with E-state index in [9.17, 15) is 0 Å². The molecular formula is C17H30N4O. The van der Waals surface area contributed by atoms with Gasteiger partial charge in [-0.3, -0.25) is 0 Å². The lowest BCUT2D eigenvalue weighted by atomic mass is 9.99. The maximum atomic E-state index is 5.31. The van der Waals surface area contributed by atoms with Gasteiger partial charge in [-0.2, -0.15) is 0 Å². The second-order valence-electron chi connectivity index (χ2n) is 6.08.